The zero-order valence-electron chi connectivity index (χ0n) is 47.3. The van der Waals surface area contributed by atoms with Gasteiger partial charge in [0, 0.05) is 69.9 Å². The Balaban J connectivity index is 0.000000692. The standard InChI is InChI=1S/C31H42N8O4.2C7H10N2O.C5H11NO.C4H4O2.CH5N/c1-33-20-38(28-24(34-2)17-22(30(32)41)18-26(28)42-5)12-6-7-13-39-29-25(36-31(39)35-3)15-21(19-40)16-27(29)43-14-8-11-37(4)23-9-10-23;2*1-3-9-7(5-10)4-6(2)8-9;1-6(2)4-3-5-7;5-3-1-2-4-6;1-2/h6-7,15-19,23,33H,2,8-14,20H2,1,3-5H3,(H2,32,41)(H,35,36);2*4-5H,3H2,1-2H3;5H,3-4H2,1-2H3;1-4H;2H2,1H3/b7-6+;;;;2-1-;. The van der Waals surface area contributed by atoms with Gasteiger partial charge < -0.3 is 55.6 Å². The molecule has 3 aromatic heterocycles. The molecule has 23 nitrogen and oxygen atoms in total. The molecule has 0 bridgehead atoms. The second-order valence-corrected chi connectivity index (χ2v) is 17.2. The van der Waals surface area contributed by atoms with Crippen LogP contribution in [0.4, 0.5) is 17.3 Å². The lowest BCUT2D eigenvalue weighted by Gasteiger charge is -2.26. The molecule has 0 spiro atoms. The van der Waals surface area contributed by atoms with Gasteiger partial charge in [0.05, 0.1) is 43.0 Å². The summed E-state index contributed by atoms with van der Waals surface area (Å²) in [4.78, 5) is 87.7. The molecule has 1 aliphatic carbocycles. The molecule has 426 valence electrons. The number of ether oxygens (including phenoxy) is 2. The van der Waals surface area contributed by atoms with Crippen LogP contribution in [0.5, 0.6) is 11.5 Å². The number of carbonyl (C=O) groups is 7. The molecule has 0 radical (unpaired) electrons. The van der Waals surface area contributed by atoms with Crippen molar-refractivity contribution in [1.82, 2.24) is 44.2 Å². The van der Waals surface area contributed by atoms with Crippen molar-refractivity contribution in [2.45, 2.75) is 79.1 Å². The van der Waals surface area contributed by atoms with E-state index in [0.717, 1.165) is 86.8 Å². The third-order valence-corrected chi connectivity index (χ3v) is 11.1. The molecule has 6 N–H and O–H groups in total. The van der Waals surface area contributed by atoms with Crippen molar-refractivity contribution in [2.24, 2.45) is 16.5 Å². The Morgan fingerprint density at radius 2 is 1.45 bits per heavy atom. The first-order valence-corrected chi connectivity index (χ1v) is 25.3. The summed E-state index contributed by atoms with van der Waals surface area (Å²) in [6.07, 6.45) is 14.9. The first-order valence-electron chi connectivity index (χ1n) is 25.3. The molecule has 6 rings (SSSR count). The van der Waals surface area contributed by atoms with E-state index in [1.54, 1.807) is 45.8 Å². The van der Waals surface area contributed by atoms with Gasteiger partial charge in [-0.05, 0) is 137 Å². The zero-order valence-corrected chi connectivity index (χ0v) is 47.3. The number of amides is 1. The summed E-state index contributed by atoms with van der Waals surface area (Å²) in [5, 5.41) is 14.5. The summed E-state index contributed by atoms with van der Waals surface area (Å²) in [6.45, 7) is 16.7. The largest absolute Gasteiger partial charge is 0.494 e. The van der Waals surface area contributed by atoms with E-state index in [1.165, 1.54) is 27.0 Å². The normalized spacial score (nSPS) is 11.3. The molecule has 1 fully saturated rings. The van der Waals surface area contributed by atoms with E-state index in [2.05, 4.69) is 50.2 Å². The van der Waals surface area contributed by atoms with Gasteiger partial charge in [0.2, 0.25) is 11.9 Å². The molecule has 1 amide bonds. The number of fused-ring (bicyclic) bond motifs is 1. The first-order chi connectivity index (χ1) is 37.6. The van der Waals surface area contributed by atoms with Crippen LogP contribution in [0.2, 0.25) is 0 Å². The van der Waals surface area contributed by atoms with Gasteiger partial charge in [0.15, 0.2) is 12.6 Å². The predicted molar refractivity (Wildman–Crippen MR) is 308 cm³/mol. The minimum Gasteiger partial charge on any atom is -0.494 e. The number of benzene rings is 2. The predicted octanol–water partition coefficient (Wildman–Crippen LogP) is 5.13. The average Bonchev–Trinajstić information content (AvgIpc) is 4.01. The van der Waals surface area contributed by atoms with Crippen molar-refractivity contribution >= 4 is 78.7 Å². The number of allylic oxidation sites excluding steroid dienone is 3. The Kier molecular flexibility index (Phi) is 33.6. The van der Waals surface area contributed by atoms with Crippen LogP contribution in [-0.4, -0.2) is 178 Å². The third-order valence-electron chi connectivity index (χ3n) is 11.1. The summed E-state index contributed by atoms with van der Waals surface area (Å²) in [5.41, 5.74) is 16.6. The first kappa shape index (κ1) is 68.0. The minimum absolute atomic E-state index is 0.292. The number of carbonyl (C=O) groups excluding carboxylic acids is 7. The van der Waals surface area contributed by atoms with Gasteiger partial charge in [-0.1, -0.05) is 12.2 Å². The second-order valence-electron chi connectivity index (χ2n) is 17.2. The number of nitrogens with one attached hydrogen (secondary N) is 2. The van der Waals surface area contributed by atoms with E-state index in [1.807, 2.05) is 82.4 Å². The fourth-order valence-corrected chi connectivity index (χ4v) is 7.36. The fourth-order valence-electron chi connectivity index (χ4n) is 7.36. The molecule has 0 atom stereocenters. The average molecular weight is 1080 g/mol. The number of primary amides is 1. The quantitative estimate of drug-likeness (QED) is 0.0132. The Bertz CT molecular complexity index is 2640. The second kappa shape index (κ2) is 38.5. The lowest BCUT2D eigenvalue weighted by atomic mass is 10.1. The molecule has 78 heavy (non-hydrogen) atoms. The Labute approximate surface area is 458 Å². The lowest BCUT2D eigenvalue weighted by molar-refractivity contribution is -0.108. The number of nitrogens with zero attached hydrogens (tertiary/aromatic N) is 10. The van der Waals surface area contributed by atoms with Crippen molar-refractivity contribution in [3.8, 4) is 11.5 Å². The van der Waals surface area contributed by atoms with Crippen LogP contribution in [0, 0.1) is 13.8 Å². The van der Waals surface area contributed by atoms with Crippen LogP contribution in [0.3, 0.4) is 0 Å². The van der Waals surface area contributed by atoms with Crippen LogP contribution in [0.15, 0.2) is 65.7 Å². The molecular formula is C55H82N14O9. The molecule has 2 aromatic carbocycles. The lowest BCUT2D eigenvalue weighted by Crippen LogP contribution is -2.33. The number of nitrogens with two attached hydrogens (primary N) is 2. The molecule has 0 aliphatic heterocycles. The number of methoxy groups -OCH3 is 1. The van der Waals surface area contributed by atoms with Gasteiger partial charge >= 0.3 is 0 Å². The van der Waals surface area contributed by atoms with E-state index in [4.69, 9.17) is 20.2 Å². The van der Waals surface area contributed by atoms with Crippen molar-refractivity contribution in [1.29, 1.82) is 0 Å². The maximum atomic E-state index is 11.8. The zero-order chi connectivity index (χ0) is 58.6. The van der Waals surface area contributed by atoms with Gasteiger partial charge in [-0.15, -0.1) is 0 Å². The number of aliphatic imine (C=N–C) groups is 1. The SMILES string of the molecule is C=Nc1cc(C(N)=O)cc(OC)c1N(C/C=C/Cn1c(NC)nc2cc(C=O)cc(OCCCN(C)C3CC3)c21)CNC.CCn1nc(C)cc1C=O.CCn1nc(C)cc1C=O.CN.CN(C)CCC=O.O=C/C=C\C=O. The summed E-state index contributed by atoms with van der Waals surface area (Å²) in [5.74, 6) is 1.19. The highest BCUT2D eigenvalue weighted by atomic mass is 16.5. The number of rotatable bonds is 27. The Hall–Kier alpha value is -7.99. The van der Waals surface area contributed by atoms with Gasteiger partial charge in [0.1, 0.15) is 59.2 Å². The van der Waals surface area contributed by atoms with Crippen molar-refractivity contribution in [2.75, 3.05) is 92.5 Å². The summed E-state index contributed by atoms with van der Waals surface area (Å²) in [6, 6.07) is 11.0. The van der Waals surface area contributed by atoms with E-state index in [-0.39, 0.29) is 0 Å². The van der Waals surface area contributed by atoms with E-state index in [0.29, 0.717) is 108 Å². The number of aryl methyl sites for hydroxylation is 4. The summed E-state index contributed by atoms with van der Waals surface area (Å²) >= 11 is 0. The van der Waals surface area contributed by atoms with Gasteiger partial charge in [-0.2, -0.15) is 10.2 Å². The van der Waals surface area contributed by atoms with Crippen LogP contribution >= 0.6 is 0 Å². The summed E-state index contributed by atoms with van der Waals surface area (Å²) in [7, 11) is 12.7. The summed E-state index contributed by atoms with van der Waals surface area (Å²) < 4.78 is 17.2. The van der Waals surface area contributed by atoms with Gasteiger partial charge in [-0.3, -0.25) is 43.1 Å². The molecule has 1 saturated carbocycles. The topological polar surface area (TPSA) is 290 Å². The monoisotopic (exact) mass is 1080 g/mol. The number of anilines is 2. The van der Waals surface area contributed by atoms with Crippen molar-refractivity contribution in [3.05, 3.63) is 94.6 Å². The molecular weight excluding hydrogens is 1000 g/mol. The van der Waals surface area contributed by atoms with E-state index >= 15 is 0 Å². The van der Waals surface area contributed by atoms with Crippen LogP contribution < -0.4 is 36.5 Å². The number of hydrogen-bond donors (Lipinski definition) is 4. The molecule has 3 heterocycles. The van der Waals surface area contributed by atoms with Crippen molar-refractivity contribution in [3.63, 3.8) is 0 Å². The highest BCUT2D eigenvalue weighted by molar-refractivity contribution is 5.96. The van der Waals surface area contributed by atoms with Crippen LogP contribution in [-0.2, 0) is 34.0 Å². The fraction of sp³-hybridized carbons (Fsp3) is 0.436. The minimum atomic E-state index is -0.572. The van der Waals surface area contributed by atoms with Crippen LogP contribution in [0.1, 0.15) is 92.6 Å². The van der Waals surface area contributed by atoms with Crippen LogP contribution in [0.25, 0.3) is 11.0 Å². The number of imidazole rings is 1. The highest BCUT2D eigenvalue weighted by Gasteiger charge is 2.25. The Morgan fingerprint density at radius 3 is 1.87 bits per heavy atom. The molecule has 5 aromatic rings. The van der Waals surface area contributed by atoms with E-state index < -0.39 is 5.91 Å². The number of aldehydes is 6. The molecule has 23 heteroatoms. The number of hydrogen-bond acceptors (Lipinski definition) is 19. The Morgan fingerprint density at radius 1 is 0.846 bits per heavy atom. The molecule has 0 unspecified atom stereocenters. The third kappa shape index (κ3) is 23.1. The molecule has 0 saturated heterocycles. The van der Waals surface area contributed by atoms with Crippen molar-refractivity contribution < 1.29 is 43.0 Å². The maximum Gasteiger partial charge on any atom is 0.248 e. The number of aromatic nitrogens is 6. The van der Waals surface area contributed by atoms with E-state index in [9.17, 15) is 33.6 Å². The maximum absolute atomic E-state index is 11.8. The molecule has 1 aliphatic rings. The van der Waals surface area contributed by atoms with Gasteiger partial charge in [-0.25, -0.2) is 4.98 Å². The highest BCUT2D eigenvalue weighted by Crippen LogP contribution is 2.39. The van der Waals surface area contributed by atoms with Gasteiger partial charge in [0.25, 0.3) is 0 Å². The smallest absolute Gasteiger partial charge is 0.248 e.